The molecule has 0 unspecified atom stereocenters. The smallest absolute Gasteiger partial charge is 0.139 e. The van der Waals surface area contributed by atoms with Crippen molar-refractivity contribution in [3.63, 3.8) is 0 Å². The Hall–Kier alpha value is -1.36. The van der Waals surface area contributed by atoms with E-state index in [1.807, 2.05) is 13.8 Å². The Morgan fingerprint density at radius 2 is 2.06 bits per heavy atom. The molecule has 2 N–H and O–H groups in total. The van der Waals surface area contributed by atoms with Crippen molar-refractivity contribution in [1.29, 1.82) is 0 Å². The van der Waals surface area contributed by atoms with Crippen molar-refractivity contribution in [3.05, 3.63) is 40.1 Å². The van der Waals surface area contributed by atoms with Crippen molar-refractivity contribution < 1.29 is 4.39 Å². The summed E-state index contributed by atoms with van der Waals surface area (Å²) in [7, 11) is 0. The fraction of sp³-hybridized carbons (Fsp3) is 0.182. The van der Waals surface area contributed by atoms with Gasteiger partial charge in [-0.15, -0.1) is 0 Å². The first-order chi connectivity index (χ1) is 7.50. The van der Waals surface area contributed by atoms with Crippen LogP contribution in [0.25, 0.3) is 5.69 Å². The van der Waals surface area contributed by atoms with E-state index in [1.54, 1.807) is 17.0 Å². The number of halogens is 2. The highest BCUT2D eigenvalue weighted by molar-refractivity contribution is 9.10. The summed E-state index contributed by atoms with van der Waals surface area (Å²) in [6.45, 7) is 3.82. The summed E-state index contributed by atoms with van der Waals surface area (Å²) in [4.78, 5) is 4.16. The number of nitrogens with zero attached hydrogens (tertiary/aromatic N) is 2. The van der Waals surface area contributed by atoms with E-state index >= 15 is 0 Å². The molecular weight excluding hydrogens is 273 g/mol. The molecule has 0 atom stereocenters. The Balaban J connectivity index is 2.65. The van der Waals surface area contributed by atoms with Crippen LogP contribution in [-0.2, 0) is 0 Å². The molecule has 0 spiro atoms. The number of rotatable bonds is 1. The van der Waals surface area contributed by atoms with E-state index in [1.165, 1.54) is 6.07 Å². The van der Waals surface area contributed by atoms with E-state index in [9.17, 15) is 4.39 Å². The number of benzene rings is 1. The number of aromatic nitrogens is 2. The van der Waals surface area contributed by atoms with Crippen LogP contribution in [0.3, 0.4) is 0 Å². The molecular formula is C11H11BrFN3. The van der Waals surface area contributed by atoms with Crippen LogP contribution < -0.4 is 5.73 Å². The third-order valence-corrected chi connectivity index (χ3v) is 3.19. The van der Waals surface area contributed by atoms with Gasteiger partial charge in [-0.05, 0) is 35.8 Å². The lowest BCUT2D eigenvalue weighted by molar-refractivity contribution is 0.620. The molecule has 0 aliphatic rings. The summed E-state index contributed by atoms with van der Waals surface area (Å²) in [6.07, 6.45) is 1.64. The fourth-order valence-corrected chi connectivity index (χ4v) is 1.86. The van der Waals surface area contributed by atoms with Gasteiger partial charge in [-0.1, -0.05) is 0 Å². The lowest BCUT2D eigenvalue weighted by Gasteiger charge is -2.10. The Kier molecular flexibility index (Phi) is 2.71. The zero-order valence-electron chi connectivity index (χ0n) is 8.96. The van der Waals surface area contributed by atoms with Gasteiger partial charge < -0.3 is 10.3 Å². The number of imidazole rings is 1. The molecule has 1 heterocycles. The second kappa shape index (κ2) is 3.90. The van der Waals surface area contributed by atoms with Crippen molar-refractivity contribution in [2.45, 2.75) is 13.8 Å². The molecule has 16 heavy (non-hydrogen) atoms. The van der Waals surface area contributed by atoms with Gasteiger partial charge in [0.25, 0.3) is 0 Å². The summed E-state index contributed by atoms with van der Waals surface area (Å²) < 4.78 is 15.6. The van der Waals surface area contributed by atoms with Crippen LogP contribution in [0.15, 0.2) is 22.9 Å². The maximum Gasteiger partial charge on any atom is 0.139 e. The molecule has 0 saturated heterocycles. The average molecular weight is 284 g/mol. The molecule has 3 nitrogen and oxygen atoms in total. The highest BCUT2D eigenvalue weighted by atomic mass is 79.9. The summed E-state index contributed by atoms with van der Waals surface area (Å²) in [5.74, 6) is -0.338. The number of anilines is 1. The zero-order valence-corrected chi connectivity index (χ0v) is 10.5. The molecule has 84 valence electrons. The van der Waals surface area contributed by atoms with E-state index in [0.717, 1.165) is 11.4 Å². The number of hydrogen-bond donors (Lipinski definition) is 1. The van der Waals surface area contributed by atoms with Gasteiger partial charge in [-0.2, -0.15) is 0 Å². The van der Waals surface area contributed by atoms with E-state index in [0.29, 0.717) is 15.8 Å². The van der Waals surface area contributed by atoms with Gasteiger partial charge in [0.15, 0.2) is 0 Å². The van der Waals surface area contributed by atoms with E-state index in [4.69, 9.17) is 5.73 Å². The maximum atomic E-state index is 13.4. The average Bonchev–Trinajstić information content (AvgIpc) is 2.54. The Bertz CT molecular complexity index is 548. The molecule has 0 bridgehead atoms. The second-order valence-electron chi connectivity index (χ2n) is 3.61. The van der Waals surface area contributed by atoms with Gasteiger partial charge in [0, 0.05) is 11.8 Å². The Labute approximate surface area is 101 Å². The quantitative estimate of drug-likeness (QED) is 0.818. The van der Waals surface area contributed by atoms with Crippen LogP contribution in [0.4, 0.5) is 10.1 Å². The highest BCUT2D eigenvalue weighted by Crippen LogP contribution is 2.26. The van der Waals surface area contributed by atoms with Crippen LogP contribution >= 0.6 is 15.9 Å². The topological polar surface area (TPSA) is 43.8 Å². The summed E-state index contributed by atoms with van der Waals surface area (Å²) >= 11 is 3.10. The molecule has 0 radical (unpaired) electrons. The molecule has 1 aromatic heterocycles. The highest BCUT2D eigenvalue weighted by Gasteiger charge is 2.10. The molecule has 0 amide bonds. The van der Waals surface area contributed by atoms with Crippen LogP contribution in [0.1, 0.15) is 11.4 Å². The predicted molar refractivity (Wildman–Crippen MR) is 65.1 cm³/mol. The summed E-state index contributed by atoms with van der Waals surface area (Å²) in [5, 5.41) is 0. The third-order valence-electron chi connectivity index (χ3n) is 2.58. The monoisotopic (exact) mass is 283 g/mol. The first-order valence-corrected chi connectivity index (χ1v) is 5.55. The van der Waals surface area contributed by atoms with Crippen molar-refractivity contribution in [2.24, 2.45) is 0 Å². The minimum atomic E-state index is -0.338. The van der Waals surface area contributed by atoms with Gasteiger partial charge in [0.05, 0.1) is 27.9 Å². The minimum absolute atomic E-state index is 0.338. The summed E-state index contributed by atoms with van der Waals surface area (Å²) in [6, 6.07) is 2.95. The number of nitrogen functional groups attached to an aromatic ring is 1. The summed E-state index contributed by atoms with van der Waals surface area (Å²) in [5.41, 5.74) is 8.83. The van der Waals surface area contributed by atoms with Crippen LogP contribution in [0, 0.1) is 19.7 Å². The van der Waals surface area contributed by atoms with Crippen LogP contribution in [-0.4, -0.2) is 9.55 Å². The van der Waals surface area contributed by atoms with Gasteiger partial charge in [-0.3, -0.25) is 0 Å². The number of nitrogens with two attached hydrogens (primary N) is 1. The number of aryl methyl sites for hydroxylation is 1. The molecule has 0 aliphatic heterocycles. The number of hydrogen-bond acceptors (Lipinski definition) is 2. The van der Waals surface area contributed by atoms with E-state index in [2.05, 4.69) is 20.9 Å². The second-order valence-corrected chi connectivity index (χ2v) is 4.46. The molecule has 2 rings (SSSR count). The largest absolute Gasteiger partial charge is 0.397 e. The minimum Gasteiger partial charge on any atom is -0.397 e. The van der Waals surface area contributed by atoms with Crippen molar-refractivity contribution >= 4 is 21.6 Å². The Morgan fingerprint density at radius 3 is 2.62 bits per heavy atom. The Morgan fingerprint density at radius 1 is 1.38 bits per heavy atom. The first kappa shape index (κ1) is 11.1. The van der Waals surface area contributed by atoms with Crippen molar-refractivity contribution in [2.75, 3.05) is 5.73 Å². The predicted octanol–water partition coefficient (Wildman–Crippen LogP) is 2.97. The normalized spacial score (nSPS) is 10.8. The molecule has 0 aliphatic carbocycles. The van der Waals surface area contributed by atoms with Gasteiger partial charge >= 0.3 is 0 Å². The molecule has 0 saturated carbocycles. The fourth-order valence-electron chi connectivity index (χ4n) is 1.50. The molecule has 1 aromatic carbocycles. The molecule has 2 aromatic rings. The zero-order chi connectivity index (χ0) is 11.9. The maximum absolute atomic E-state index is 13.4. The standard InChI is InChI=1S/C11H11BrFN3/c1-6-7(2)16(5-15-6)11-4-9(13)8(12)3-10(11)14/h3-5H,14H2,1-2H3. The van der Waals surface area contributed by atoms with E-state index < -0.39 is 0 Å². The SMILES string of the molecule is Cc1ncn(-c2cc(F)c(Br)cc2N)c1C. The van der Waals surface area contributed by atoms with E-state index in [-0.39, 0.29) is 5.82 Å². The first-order valence-electron chi connectivity index (χ1n) is 4.76. The van der Waals surface area contributed by atoms with Crippen LogP contribution in [0.2, 0.25) is 0 Å². The third kappa shape index (κ3) is 1.71. The van der Waals surface area contributed by atoms with Gasteiger partial charge in [-0.25, -0.2) is 9.37 Å². The van der Waals surface area contributed by atoms with Crippen molar-refractivity contribution in [3.8, 4) is 5.69 Å². The molecule has 0 fully saturated rings. The lowest BCUT2D eigenvalue weighted by atomic mass is 10.2. The molecule has 5 heteroatoms. The van der Waals surface area contributed by atoms with Gasteiger partial charge in [0.2, 0.25) is 0 Å². The van der Waals surface area contributed by atoms with Gasteiger partial charge in [0.1, 0.15) is 5.82 Å². The van der Waals surface area contributed by atoms with Crippen molar-refractivity contribution in [1.82, 2.24) is 9.55 Å². The van der Waals surface area contributed by atoms with Crippen LogP contribution in [0.5, 0.6) is 0 Å². The lowest BCUT2D eigenvalue weighted by Crippen LogP contribution is -2.02.